The molecule has 0 aliphatic rings. The van der Waals surface area contributed by atoms with E-state index in [0.717, 1.165) is 65.3 Å². The van der Waals surface area contributed by atoms with Crippen molar-refractivity contribution in [2.75, 3.05) is 0 Å². The maximum Gasteiger partial charge on any atom is 0.0998 e. The van der Waals surface area contributed by atoms with E-state index in [1.54, 1.807) is 0 Å². The third-order valence-corrected chi connectivity index (χ3v) is 12.9. The number of fused-ring (bicyclic) bond motifs is 7. The summed E-state index contributed by atoms with van der Waals surface area (Å²) < 4.78 is 0. The van der Waals surface area contributed by atoms with E-state index in [4.69, 9.17) is 0 Å². The van der Waals surface area contributed by atoms with E-state index in [0.29, 0.717) is 11.1 Å². The average Bonchev–Trinajstić information content (AvgIpc) is 3.28. The van der Waals surface area contributed by atoms with Crippen LogP contribution in [0.2, 0.25) is 0 Å². The molecule has 0 N–H and O–H groups in total. The Bertz CT molecular complexity index is 3750. The summed E-state index contributed by atoms with van der Waals surface area (Å²) >= 11 is 0. The van der Waals surface area contributed by atoms with Crippen molar-refractivity contribution in [3.8, 4) is 34.4 Å². The predicted molar refractivity (Wildman–Crippen MR) is 244 cm³/mol. The summed E-state index contributed by atoms with van der Waals surface area (Å²) in [5.41, 5.74) is 5.83. The summed E-state index contributed by atoms with van der Waals surface area (Å²) in [5, 5.41) is 44.1. The van der Waals surface area contributed by atoms with Gasteiger partial charge in [0.15, 0.2) is 0 Å². The molecule has 13 aromatic carbocycles. The van der Waals surface area contributed by atoms with Crippen LogP contribution >= 0.6 is 0 Å². The van der Waals surface area contributed by atoms with E-state index in [2.05, 4.69) is 170 Å². The molecule has 0 aromatic heterocycles. The van der Waals surface area contributed by atoms with Crippen LogP contribution in [0, 0.1) is 22.7 Å². The van der Waals surface area contributed by atoms with Crippen LogP contribution in [0.3, 0.4) is 0 Å². The van der Waals surface area contributed by atoms with Gasteiger partial charge in [-0.2, -0.15) is 10.5 Å². The lowest BCUT2D eigenvalue weighted by molar-refractivity contribution is 1.51. The first-order valence-electron chi connectivity index (χ1n) is 19.7. The first kappa shape index (κ1) is 31.2. The highest BCUT2D eigenvalue weighted by Gasteiger charge is 2.19. The molecule has 0 heterocycles. The van der Waals surface area contributed by atoms with Crippen molar-refractivity contribution in [2.24, 2.45) is 0 Å². The van der Waals surface area contributed by atoms with E-state index in [-0.39, 0.29) is 0 Å². The Morgan fingerprint density at radius 3 is 1.00 bits per heavy atom. The monoisotopic (exact) mass is 728 g/mol. The molecule has 2 nitrogen and oxygen atoms in total. The second-order valence-corrected chi connectivity index (χ2v) is 15.8. The zero-order chi connectivity index (χ0) is 38.2. The maximum absolute atomic E-state index is 10.5. The molecule has 0 saturated heterocycles. The number of nitriles is 2. The van der Waals surface area contributed by atoms with Gasteiger partial charge in [-0.1, -0.05) is 146 Å². The van der Waals surface area contributed by atoms with Crippen LogP contribution in [0.1, 0.15) is 11.1 Å². The molecule has 0 amide bonds. The average molecular weight is 729 g/mol. The van der Waals surface area contributed by atoms with Gasteiger partial charge in [-0.25, -0.2) is 0 Å². The third kappa shape index (κ3) is 4.08. The van der Waals surface area contributed by atoms with Crippen molar-refractivity contribution < 1.29 is 0 Å². The molecule has 0 spiro atoms. The topological polar surface area (TPSA) is 47.6 Å². The lowest BCUT2D eigenvalue weighted by Crippen LogP contribution is -1.91. The van der Waals surface area contributed by atoms with E-state index >= 15 is 0 Å². The highest BCUT2D eigenvalue weighted by molar-refractivity contribution is 6.31. The quantitative estimate of drug-likeness (QED) is 0.166. The molecule has 0 unspecified atom stereocenters. The first-order chi connectivity index (χ1) is 28.6. The van der Waals surface area contributed by atoms with Crippen LogP contribution < -0.4 is 0 Å². The Morgan fingerprint density at radius 2 is 0.586 bits per heavy atom. The minimum atomic E-state index is 0.649. The minimum Gasteiger partial charge on any atom is -0.192 e. The molecule has 13 aromatic rings. The molecule has 0 bridgehead atoms. The number of hydrogen-bond donors (Lipinski definition) is 0. The fourth-order valence-corrected chi connectivity index (χ4v) is 10.4. The summed E-state index contributed by atoms with van der Waals surface area (Å²) in [6.07, 6.45) is 0. The van der Waals surface area contributed by atoms with Crippen LogP contribution in [0.4, 0.5) is 0 Å². The Kier molecular flexibility index (Phi) is 6.06. The number of hydrogen-bond acceptors (Lipinski definition) is 2. The molecule has 0 aliphatic carbocycles. The van der Waals surface area contributed by atoms with Gasteiger partial charge in [-0.05, 0) is 143 Å². The van der Waals surface area contributed by atoms with Gasteiger partial charge in [-0.15, -0.1) is 0 Å². The molecule has 13 rings (SSSR count). The number of nitrogens with zero attached hydrogens (tertiary/aromatic N) is 2. The third-order valence-electron chi connectivity index (χ3n) is 12.9. The summed E-state index contributed by atoms with van der Waals surface area (Å²) in [7, 11) is 0. The van der Waals surface area contributed by atoms with Gasteiger partial charge in [0, 0.05) is 10.8 Å². The molecular formula is C56H28N2. The minimum absolute atomic E-state index is 0.649. The van der Waals surface area contributed by atoms with Gasteiger partial charge >= 0.3 is 0 Å². The van der Waals surface area contributed by atoms with Crippen LogP contribution in [0.5, 0.6) is 0 Å². The highest BCUT2D eigenvalue weighted by atomic mass is 14.3. The molecule has 262 valence electrons. The smallest absolute Gasteiger partial charge is 0.0998 e. The maximum atomic E-state index is 10.5. The molecule has 0 aliphatic heterocycles. The van der Waals surface area contributed by atoms with Gasteiger partial charge in [-0.3, -0.25) is 0 Å². The van der Waals surface area contributed by atoms with E-state index < -0.39 is 0 Å². The fraction of sp³-hybridized carbons (Fsp3) is 0. The molecule has 0 saturated carbocycles. The summed E-state index contributed by atoms with van der Waals surface area (Å²) in [6, 6.07) is 66.4. The van der Waals surface area contributed by atoms with Gasteiger partial charge in [0.2, 0.25) is 0 Å². The summed E-state index contributed by atoms with van der Waals surface area (Å²) in [5.74, 6) is 0. The molecule has 0 fully saturated rings. The largest absolute Gasteiger partial charge is 0.192 e. The Hall–Kier alpha value is -8.04. The van der Waals surface area contributed by atoms with E-state index in [1.807, 2.05) is 12.1 Å². The molecule has 58 heavy (non-hydrogen) atoms. The summed E-state index contributed by atoms with van der Waals surface area (Å²) in [6.45, 7) is 0. The van der Waals surface area contributed by atoms with Crippen molar-refractivity contribution in [3.63, 3.8) is 0 Å². The van der Waals surface area contributed by atoms with Gasteiger partial charge < -0.3 is 0 Å². The van der Waals surface area contributed by atoms with Crippen LogP contribution in [0.25, 0.3) is 130 Å². The Morgan fingerprint density at radius 1 is 0.259 bits per heavy atom. The Balaban J connectivity index is 1.13. The van der Waals surface area contributed by atoms with Crippen molar-refractivity contribution in [3.05, 3.63) is 181 Å². The van der Waals surface area contributed by atoms with Crippen molar-refractivity contribution in [2.45, 2.75) is 0 Å². The van der Waals surface area contributed by atoms with Crippen molar-refractivity contribution in [1.82, 2.24) is 0 Å². The zero-order valence-electron chi connectivity index (χ0n) is 31.1. The van der Waals surface area contributed by atoms with E-state index in [1.165, 1.54) is 64.6 Å². The summed E-state index contributed by atoms with van der Waals surface area (Å²) in [4.78, 5) is 0. The second kappa shape index (κ2) is 11.3. The van der Waals surface area contributed by atoms with Crippen molar-refractivity contribution >= 4 is 108 Å². The van der Waals surface area contributed by atoms with E-state index in [9.17, 15) is 10.5 Å². The molecule has 0 atom stereocenters. The van der Waals surface area contributed by atoms with Gasteiger partial charge in [0.25, 0.3) is 0 Å². The van der Waals surface area contributed by atoms with Gasteiger partial charge in [0.1, 0.15) is 0 Å². The predicted octanol–water partition coefficient (Wildman–Crippen LogP) is 15.2. The Labute approximate surface area is 332 Å². The number of rotatable bonds is 2. The second-order valence-electron chi connectivity index (χ2n) is 15.8. The van der Waals surface area contributed by atoms with Crippen LogP contribution in [-0.4, -0.2) is 0 Å². The van der Waals surface area contributed by atoms with Crippen LogP contribution in [0.15, 0.2) is 170 Å². The lowest BCUT2D eigenvalue weighted by Gasteiger charge is -2.17. The normalized spacial score (nSPS) is 12.1. The molecule has 0 radical (unpaired) electrons. The van der Waals surface area contributed by atoms with Crippen molar-refractivity contribution in [1.29, 1.82) is 10.5 Å². The highest BCUT2D eigenvalue weighted by Crippen LogP contribution is 2.45. The lowest BCUT2D eigenvalue weighted by atomic mass is 9.86. The fourth-order valence-electron chi connectivity index (χ4n) is 10.4. The SMILES string of the molecule is N#Cc1cc2ccc3cc(C#N)c4ccc(-c5ccc6ccc7cccc8ccc5c6c78)cc4c3c2c2cc(-c3ccc4ccc5cccc6ccc3c4c56)ccc12. The van der Waals surface area contributed by atoms with Gasteiger partial charge in [0.05, 0.1) is 23.3 Å². The first-order valence-corrected chi connectivity index (χ1v) is 19.7. The standard InChI is InChI=1S/C56H28N2/c57-29-41-25-39-11-12-40-26-42(30-58)46-22-18-38(44-20-14-36-10-8-32-4-2-6-34-16-24-48(44)54(36)52(32)34)28-50(46)56(40)55(39)49-27-37(17-21-45(41)49)43-19-13-35-9-7-31-3-1-5-33-15-23-47(43)53(35)51(31)33/h1-28H. The number of benzene rings is 13. The molecule has 2 heteroatoms. The molecular weight excluding hydrogens is 701 g/mol. The van der Waals surface area contributed by atoms with Crippen LogP contribution in [-0.2, 0) is 0 Å². The zero-order valence-corrected chi connectivity index (χ0v) is 31.1.